The van der Waals surface area contributed by atoms with Crippen molar-refractivity contribution in [3.63, 3.8) is 0 Å². The van der Waals surface area contributed by atoms with Crippen molar-refractivity contribution in [3.05, 3.63) is 53.7 Å². The van der Waals surface area contributed by atoms with E-state index in [0.717, 1.165) is 11.3 Å². The van der Waals surface area contributed by atoms with Crippen LogP contribution in [0.2, 0.25) is 0 Å². The fraction of sp³-hybridized carbons (Fsp3) is 0.381. The first-order valence-electron chi connectivity index (χ1n) is 8.91. The molecule has 1 amide bonds. The van der Waals surface area contributed by atoms with E-state index < -0.39 is 11.4 Å². The lowest BCUT2D eigenvalue weighted by Gasteiger charge is -2.28. The van der Waals surface area contributed by atoms with Crippen LogP contribution in [0, 0.1) is 18.3 Å². The quantitative estimate of drug-likeness (QED) is 0.912. The zero-order valence-electron chi connectivity index (χ0n) is 15.4. The second kappa shape index (κ2) is 6.90. The summed E-state index contributed by atoms with van der Waals surface area (Å²) in [6, 6.07) is 13.5. The number of carbonyl (C=O) groups is 2. The molecular weight excluding hydrogens is 328 g/mol. The van der Waals surface area contributed by atoms with Crippen molar-refractivity contribution < 1.29 is 14.7 Å². The van der Waals surface area contributed by atoms with Gasteiger partial charge in [0.05, 0.1) is 22.4 Å². The molecule has 1 aromatic carbocycles. The molecule has 2 heterocycles. The molecule has 1 aliphatic rings. The number of likely N-dealkylation sites (tertiary alicyclic amines) is 1. The van der Waals surface area contributed by atoms with Gasteiger partial charge < -0.3 is 10.0 Å². The van der Waals surface area contributed by atoms with E-state index in [-0.39, 0.29) is 18.4 Å². The van der Waals surface area contributed by atoms with E-state index in [0.29, 0.717) is 24.2 Å². The van der Waals surface area contributed by atoms with Gasteiger partial charge in [-0.3, -0.25) is 14.6 Å². The van der Waals surface area contributed by atoms with Crippen molar-refractivity contribution >= 4 is 11.9 Å². The van der Waals surface area contributed by atoms with Gasteiger partial charge in [0.1, 0.15) is 0 Å². The Morgan fingerprint density at radius 2 is 1.85 bits per heavy atom. The molecule has 1 unspecified atom stereocenters. The Bertz CT molecular complexity index is 832. The minimum absolute atomic E-state index is 0.0301. The van der Waals surface area contributed by atoms with Gasteiger partial charge in [-0.05, 0) is 31.4 Å². The molecule has 0 bridgehead atoms. The molecular formula is C21H24N2O3. The number of carboxylic acids is 1. The van der Waals surface area contributed by atoms with Gasteiger partial charge in [0, 0.05) is 18.7 Å². The van der Waals surface area contributed by atoms with Crippen LogP contribution >= 0.6 is 0 Å². The highest BCUT2D eigenvalue weighted by Crippen LogP contribution is 2.38. The average molecular weight is 352 g/mol. The molecule has 5 nitrogen and oxygen atoms in total. The van der Waals surface area contributed by atoms with E-state index in [1.807, 2.05) is 57.2 Å². The molecule has 1 saturated heterocycles. The van der Waals surface area contributed by atoms with Crippen LogP contribution in [0.4, 0.5) is 0 Å². The molecule has 0 radical (unpaired) electrons. The lowest BCUT2D eigenvalue weighted by molar-refractivity contribution is -0.150. The van der Waals surface area contributed by atoms with Crippen LogP contribution < -0.4 is 0 Å². The highest BCUT2D eigenvalue weighted by Gasteiger charge is 2.48. The van der Waals surface area contributed by atoms with Gasteiger partial charge in [-0.25, -0.2) is 0 Å². The van der Waals surface area contributed by atoms with Gasteiger partial charge in [0.15, 0.2) is 0 Å². The molecule has 2 aromatic rings. The van der Waals surface area contributed by atoms with Gasteiger partial charge in [-0.15, -0.1) is 0 Å². The number of hydrogen-bond donors (Lipinski definition) is 1. The Morgan fingerprint density at radius 3 is 2.38 bits per heavy atom. The Hall–Kier alpha value is -2.69. The molecule has 5 heteroatoms. The van der Waals surface area contributed by atoms with Crippen LogP contribution in [0.25, 0.3) is 11.3 Å². The van der Waals surface area contributed by atoms with Crippen LogP contribution in [0.5, 0.6) is 0 Å². The molecule has 1 aliphatic heterocycles. The molecule has 26 heavy (non-hydrogen) atoms. The maximum atomic E-state index is 12.9. The number of carbonyl (C=O) groups excluding carboxylic acids is 1. The van der Waals surface area contributed by atoms with Crippen LogP contribution in [-0.2, 0) is 4.79 Å². The summed E-state index contributed by atoms with van der Waals surface area (Å²) in [6.45, 7) is 6.34. The first-order chi connectivity index (χ1) is 12.3. The Morgan fingerprint density at radius 1 is 1.15 bits per heavy atom. The summed E-state index contributed by atoms with van der Waals surface area (Å²) in [5, 5.41) is 9.67. The number of aryl methyl sites for hydroxylation is 1. The van der Waals surface area contributed by atoms with Crippen molar-refractivity contribution in [1.29, 1.82) is 0 Å². The van der Waals surface area contributed by atoms with Crippen molar-refractivity contribution in [1.82, 2.24) is 9.88 Å². The topological polar surface area (TPSA) is 70.5 Å². The van der Waals surface area contributed by atoms with Gasteiger partial charge in [-0.2, -0.15) is 0 Å². The molecule has 1 atom stereocenters. The minimum atomic E-state index is -0.860. The smallest absolute Gasteiger partial charge is 0.311 e. The third-order valence-electron chi connectivity index (χ3n) is 5.50. The third kappa shape index (κ3) is 3.09. The lowest BCUT2D eigenvalue weighted by Crippen LogP contribution is -2.40. The lowest BCUT2D eigenvalue weighted by atomic mass is 9.76. The summed E-state index contributed by atoms with van der Waals surface area (Å²) in [6.07, 6.45) is 0.486. The second-order valence-corrected chi connectivity index (χ2v) is 7.29. The Kier molecular flexibility index (Phi) is 4.81. The van der Waals surface area contributed by atoms with Crippen molar-refractivity contribution in [2.45, 2.75) is 27.2 Å². The van der Waals surface area contributed by atoms with Crippen molar-refractivity contribution in [2.75, 3.05) is 13.1 Å². The SMILES string of the molecule is Cc1nc(-c2ccccc2)ccc1C(=O)N1CCC(C(=O)O)(C(C)C)C1. The number of benzene rings is 1. The molecule has 0 spiro atoms. The van der Waals surface area contributed by atoms with E-state index in [4.69, 9.17) is 0 Å². The highest BCUT2D eigenvalue weighted by molar-refractivity contribution is 5.96. The van der Waals surface area contributed by atoms with Crippen molar-refractivity contribution in [3.8, 4) is 11.3 Å². The third-order valence-corrected chi connectivity index (χ3v) is 5.50. The molecule has 3 rings (SSSR count). The van der Waals surface area contributed by atoms with Crippen LogP contribution in [0.1, 0.15) is 36.3 Å². The predicted molar refractivity (Wildman–Crippen MR) is 99.8 cm³/mol. The van der Waals surface area contributed by atoms with Crippen LogP contribution in [0.3, 0.4) is 0 Å². The fourth-order valence-electron chi connectivity index (χ4n) is 3.63. The number of pyridine rings is 1. The number of amides is 1. The molecule has 136 valence electrons. The average Bonchev–Trinajstić information content (AvgIpc) is 3.09. The van der Waals surface area contributed by atoms with Crippen LogP contribution in [0.15, 0.2) is 42.5 Å². The normalized spacial score (nSPS) is 19.8. The zero-order chi connectivity index (χ0) is 18.9. The largest absolute Gasteiger partial charge is 0.481 e. The summed E-state index contributed by atoms with van der Waals surface area (Å²) >= 11 is 0. The minimum Gasteiger partial charge on any atom is -0.481 e. The maximum Gasteiger partial charge on any atom is 0.311 e. The van der Waals surface area contributed by atoms with Gasteiger partial charge >= 0.3 is 5.97 Å². The van der Waals surface area contributed by atoms with Crippen LogP contribution in [-0.4, -0.2) is 40.0 Å². The number of hydrogen-bond acceptors (Lipinski definition) is 3. The van der Waals surface area contributed by atoms with E-state index in [1.54, 1.807) is 11.0 Å². The summed E-state index contributed by atoms with van der Waals surface area (Å²) in [4.78, 5) is 31.0. The molecule has 1 fully saturated rings. The monoisotopic (exact) mass is 352 g/mol. The molecule has 0 saturated carbocycles. The first-order valence-corrected chi connectivity index (χ1v) is 8.91. The molecule has 1 aromatic heterocycles. The molecule has 0 aliphatic carbocycles. The summed E-state index contributed by atoms with van der Waals surface area (Å²) < 4.78 is 0. The van der Waals surface area contributed by atoms with Gasteiger partial charge in [0.25, 0.3) is 5.91 Å². The number of aromatic nitrogens is 1. The number of nitrogens with zero attached hydrogens (tertiary/aromatic N) is 2. The number of aliphatic carboxylic acids is 1. The van der Waals surface area contributed by atoms with Crippen molar-refractivity contribution in [2.24, 2.45) is 11.3 Å². The summed E-state index contributed by atoms with van der Waals surface area (Å²) in [5.74, 6) is -0.993. The van der Waals surface area contributed by atoms with E-state index >= 15 is 0 Å². The maximum absolute atomic E-state index is 12.9. The predicted octanol–water partition coefficient (Wildman–Crippen LogP) is 3.63. The van der Waals surface area contributed by atoms with Gasteiger partial charge in [0.2, 0.25) is 0 Å². The highest BCUT2D eigenvalue weighted by atomic mass is 16.4. The fourth-order valence-corrected chi connectivity index (χ4v) is 3.63. The summed E-state index contributed by atoms with van der Waals surface area (Å²) in [7, 11) is 0. The van der Waals surface area contributed by atoms with E-state index in [2.05, 4.69) is 4.98 Å². The summed E-state index contributed by atoms with van der Waals surface area (Å²) in [5.41, 5.74) is 2.16. The standard InChI is InChI=1S/C21H24N2O3/c1-14(2)21(20(25)26)11-12-23(13-21)19(24)17-9-10-18(22-15(17)3)16-7-5-4-6-8-16/h4-10,14H,11-13H2,1-3H3,(H,25,26). The van der Waals surface area contributed by atoms with E-state index in [9.17, 15) is 14.7 Å². The number of rotatable bonds is 4. The zero-order valence-corrected chi connectivity index (χ0v) is 15.4. The first kappa shape index (κ1) is 18.1. The number of carboxylic acid groups (broad SMARTS) is 1. The Balaban J connectivity index is 1.84. The van der Waals surface area contributed by atoms with E-state index in [1.165, 1.54) is 0 Å². The Labute approximate surface area is 153 Å². The van der Waals surface area contributed by atoms with Gasteiger partial charge in [-0.1, -0.05) is 44.2 Å². The molecule has 1 N–H and O–H groups in total. The second-order valence-electron chi connectivity index (χ2n) is 7.29.